The number of amides is 2. The van der Waals surface area contributed by atoms with Crippen LogP contribution in [0.2, 0.25) is 0 Å². The van der Waals surface area contributed by atoms with Gasteiger partial charge >= 0.3 is 0 Å². The van der Waals surface area contributed by atoms with Crippen molar-refractivity contribution in [3.63, 3.8) is 0 Å². The van der Waals surface area contributed by atoms with Crippen molar-refractivity contribution >= 4 is 46.0 Å². The van der Waals surface area contributed by atoms with Gasteiger partial charge in [0.25, 0.3) is 0 Å². The summed E-state index contributed by atoms with van der Waals surface area (Å²) in [6.07, 6.45) is 0. The van der Waals surface area contributed by atoms with E-state index in [1.165, 1.54) is 18.7 Å². The van der Waals surface area contributed by atoms with E-state index in [0.717, 1.165) is 16.6 Å². The molecule has 3 rings (SSSR count). The zero-order valence-electron chi connectivity index (χ0n) is 14.5. The van der Waals surface area contributed by atoms with Crippen molar-refractivity contribution in [2.45, 2.75) is 13.5 Å². The molecule has 3 aromatic rings. The number of benzene rings is 2. The maximum absolute atomic E-state index is 12.3. The van der Waals surface area contributed by atoms with E-state index in [1.807, 2.05) is 36.2 Å². The number of fused-ring (bicyclic) bond motifs is 1. The van der Waals surface area contributed by atoms with Gasteiger partial charge in [-0.25, -0.2) is 0 Å². The Hall–Kier alpha value is -2.84. The molecular formula is C18H19N5O2S. The van der Waals surface area contributed by atoms with Crippen LogP contribution in [0.15, 0.2) is 42.5 Å². The second kappa shape index (κ2) is 8.03. The molecule has 1 heterocycles. The maximum atomic E-state index is 12.3. The summed E-state index contributed by atoms with van der Waals surface area (Å²) < 4.78 is 8.42. The van der Waals surface area contributed by atoms with Gasteiger partial charge in [0.2, 0.25) is 11.8 Å². The van der Waals surface area contributed by atoms with Crippen molar-refractivity contribution in [2.24, 2.45) is 0 Å². The molecule has 1 aromatic heterocycles. The molecule has 2 aromatic carbocycles. The van der Waals surface area contributed by atoms with Crippen LogP contribution in [0, 0.1) is 0 Å². The van der Waals surface area contributed by atoms with E-state index in [2.05, 4.69) is 19.4 Å². The number of anilines is 2. The first kappa shape index (κ1) is 18.0. The Morgan fingerprint density at radius 3 is 2.46 bits per heavy atom. The van der Waals surface area contributed by atoms with Crippen LogP contribution >= 0.6 is 11.7 Å². The number of likely N-dealkylation sites (N-methyl/N-ethyl adjacent to an activating group) is 1. The van der Waals surface area contributed by atoms with E-state index >= 15 is 0 Å². The summed E-state index contributed by atoms with van der Waals surface area (Å²) >= 11 is 1.19. The van der Waals surface area contributed by atoms with Crippen LogP contribution in [-0.4, -0.2) is 39.1 Å². The molecule has 26 heavy (non-hydrogen) atoms. The molecule has 0 saturated heterocycles. The summed E-state index contributed by atoms with van der Waals surface area (Å²) in [7, 11) is 1.88. The SMILES string of the molecule is CC(=O)Nc1ccccc1NC(=O)CN(C)Cc1ccc2nsnc2c1. The first-order valence-electron chi connectivity index (χ1n) is 8.07. The van der Waals surface area contributed by atoms with Gasteiger partial charge in [0.05, 0.1) is 29.6 Å². The number of carbonyl (C=O) groups excluding carboxylic acids is 2. The van der Waals surface area contributed by atoms with Gasteiger partial charge in [0.1, 0.15) is 11.0 Å². The molecule has 0 aliphatic carbocycles. The van der Waals surface area contributed by atoms with Crippen LogP contribution in [0.5, 0.6) is 0 Å². The summed E-state index contributed by atoms with van der Waals surface area (Å²) in [5.74, 6) is -0.336. The summed E-state index contributed by atoms with van der Waals surface area (Å²) in [4.78, 5) is 25.5. The van der Waals surface area contributed by atoms with Crippen LogP contribution in [0.4, 0.5) is 11.4 Å². The van der Waals surface area contributed by atoms with Crippen molar-refractivity contribution in [3.05, 3.63) is 48.0 Å². The normalized spacial score (nSPS) is 10.9. The highest BCUT2D eigenvalue weighted by Crippen LogP contribution is 2.21. The molecule has 7 nitrogen and oxygen atoms in total. The lowest BCUT2D eigenvalue weighted by Crippen LogP contribution is -2.30. The van der Waals surface area contributed by atoms with E-state index in [0.29, 0.717) is 17.9 Å². The topological polar surface area (TPSA) is 87.2 Å². The highest BCUT2D eigenvalue weighted by Gasteiger charge is 2.11. The Balaban J connectivity index is 1.60. The predicted molar refractivity (Wildman–Crippen MR) is 103 cm³/mol. The van der Waals surface area contributed by atoms with Gasteiger partial charge < -0.3 is 10.6 Å². The largest absolute Gasteiger partial charge is 0.325 e. The van der Waals surface area contributed by atoms with E-state index in [9.17, 15) is 9.59 Å². The fourth-order valence-corrected chi connectivity index (χ4v) is 3.14. The van der Waals surface area contributed by atoms with Gasteiger partial charge in [0.15, 0.2) is 0 Å². The minimum atomic E-state index is -0.185. The Kier molecular flexibility index (Phi) is 5.55. The third kappa shape index (κ3) is 4.62. The summed E-state index contributed by atoms with van der Waals surface area (Å²) in [6, 6.07) is 13.0. The number of nitrogens with zero attached hydrogens (tertiary/aromatic N) is 3. The molecule has 0 bridgehead atoms. The molecule has 0 spiro atoms. The number of carbonyl (C=O) groups is 2. The number of para-hydroxylation sites is 2. The third-order valence-electron chi connectivity index (χ3n) is 3.70. The molecule has 2 amide bonds. The molecule has 0 atom stereocenters. The van der Waals surface area contributed by atoms with E-state index in [4.69, 9.17) is 0 Å². The van der Waals surface area contributed by atoms with Gasteiger partial charge in [-0.05, 0) is 36.9 Å². The highest BCUT2D eigenvalue weighted by atomic mass is 32.1. The second-order valence-corrected chi connectivity index (χ2v) is 6.56. The molecule has 2 N–H and O–H groups in total. The Bertz CT molecular complexity index is 940. The molecule has 0 saturated carbocycles. The first-order chi connectivity index (χ1) is 12.5. The average Bonchev–Trinajstić information content (AvgIpc) is 3.03. The van der Waals surface area contributed by atoms with Gasteiger partial charge in [-0.2, -0.15) is 8.75 Å². The summed E-state index contributed by atoms with van der Waals surface area (Å²) in [5, 5.41) is 5.55. The average molecular weight is 369 g/mol. The monoisotopic (exact) mass is 369 g/mol. The van der Waals surface area contributed by atoms with Crippen molar-refractivity contribution < 1.29 is 9.59 Å². The van der Waals surface area contributed by atoms with Crippen molar-refractivity contribution in [1.29, 1.82) is 0 Å². The molecular weight excluding hydrogens is 350 g/mol. The minimum absolute atomic E-state index is 0.151. The van der Waals surface area contributed by atoms with Crippen LogP contribution < -0.4 is 10.6 Å². The molecule has 0 fully saturated rings. The summed E-state index contributed by atoms with van der Waals surface area (Å²) in [5.41, 5.74) is 3.98. The van der Waals surface area contributed by atoms with Crippen LogP contribution in [0.25, 0.3) is 11.0 Å². The quantitative estimate of drug-likeness (QED) is 0.698. The van der Waals surface area contributed by atoms with Gasteiger partial charge in [-0.3, -0.25) is 14.5 Å². The van der Waals surface area contributed by atoms with Gasteiger partial charge in [-0.1, -0.05) is 18.2 Å². The molecule has 0 unspecified atom stereocenters. The Morgan fingerprint density at radius 2 is 1.73 bits per heavy atom. The third-order valence-corrected chi connectivity index (χ3v) is 4.25. The second-order valence-electron chi connectivity index (χ2n) is 6.03. The van der Waals surface area contributed by atoms with Crippen LogP contribution in [-0.2, 0) is 16.1 Å². The van der Waals surface area contributed by atoms with E-state index in [-0.39, 0.29) is 18.4 Å². The number of nitrogens with one attached hydrogen (secondary N) is 2. The number of rotatable bonds is 6. The smallest absolute Gasteiger partial charge is 0.238 e. The Morgan fingerprint density at radius 1 is 1.04 bits per heavy atom. The molecule has 0 radical (unpaired) electrons. The maximum Gasteiger partial charge on any atom is 0.238 e. The molecule has 134 valence electrons. The fraction of sp³-hybridized carbons (Fsp3) is 0.222. The molecule has 0 aliphatic heterocycles. The Labute approximate surface area is 155 Å². The lowest BCUT2D eigenvalue weighted by Gasteiger charge is -2.17. The summed E-state index contributed by atoms with van der Waals surface area (Å²) in [6.45, 7) is 2.27. The lowest BCUT2D eigenvalue weighted by molar-refractivity contribution is -0.117. The highest BCUT2D eigenvalue weighted by molar-refractivity contribution is 7.00. The van der Waals surface area contributed by atoms with Crippen LogP contribution in [0.1, 0.15) is 12.5 Å². The van der Waals surface area contributed by atoms with Crippen molar-refractivity contribution in [2.75, 3.05) is 24.2 Å². The lowest BCUT2D eigenvalue weighted by atomic mass is 10.2. The van der Waals surface area contributed by atoms with E-state index in [1.54, 1.807) is 18.2 Å². The van der Waals surface area contributed by atoms with E-state index < -0.39 is 0 Å². The minimum Gasteiger partial charge on any atom is -0.325 e. The van der Waals surface area contributed by atoms with Gasteiger partial charge in [0, 0.05) is 13.5 Å². The standard InChI is InChI=1S/C18H19N5O2S/c1-12(24)19-14-5-3-4-6-15(14)20-18(25)11-23(2)10-13-7-8-16-17(9-13)22-26-21-16/h3-9H,10-11H2,1-2H3,(H,19,24)(H,20,25). The molecule has 0 aliphatic rings. The number of hydrogen-bond donors (Lipinski definition) is 2. The predicted octanol–water partition coefficient (Wildman–Crippen LogP) is 2.72. The zero-order chi connectivity index (χ0) is 18.5. The first-order valence-corrected chi connectivity index (χ1v) is 8.80. The zero-order valence-corrected chi connectivity index (χ0v) is 15.3. The van der Waals surface area contributed by atoms with Crippen molar-refractivity contribution in [3.8, 4) is 0 Å². The van der Waals surface area contributed by atoms with Gasteiger partial charge in [-0.15, -0.1) is 0 Å². The number of hydrogen-bond acceptors (Lipinski definition) is 6. The molecule has 8 heteroatoms. The fourth-order valence-electron chi connectivity index (χ4n) is 2.62. The number of aromatic nitrogens is 2. The van der Waals surface area contributed by atoms with Crippen molar-refractivity contribution in [1.82, 2.24) is 13.6 Å². The van der Waals surface area contributed by atoms with Crippen LogP contribution in [0.3, 0.4) is 0 Å².